The molecule has 0 unspecified atom stereocenters. The molecular formula is C12H15F3N4O2. The van der Waals surface area contributed by atoms with Gasteiger partial charge < -0.3 is 10.2 Å². The minimum Gasteiger partial charge on any atom is -0.356 e. The largest absolute Gasteiger partial charge is 0.408 e. The minimum atomic E-state index is -4.37. The number of carbonyl (C=O) groups is 2. The molecule has 0 bridgehead atoms. The topological polar surface area (TPSA) is 67.2 Å². The fourth-order valence-corrected chi connectivity index (χ4v) is 2.21. The molecule has 21 heavy (non-hydrogen) atoms. The Hall–Kier alpha value is -2.06. The van der Waals surface area contributed by atoms with Crippen LogP contribution >= 0.6 is 0 Å². The third-order valence-electron chi connectivity index (χ3n) is 3.12. The number of nitrogens with zero attached hydrogens (tertiary/aromatic N) is 3. The van der Waals surface area contributed by atoms with Crippen molar-refractivity contribution in [3.63, 3.8) is 0 Å². The van der Waals surface area contributed by atoms with Gasteiger partial charge >= 0.3 is 6.18 Å². The van der Waals surface area contributed by atoms with E-state index in [0.717, 1.165) is 10.9 Å². The highest BCUT2D eigenvalue weighted by atomic mass is 19.4. The van der Waals surface area contributed by atoms with E-state index >= 15 is 0 Å². The number of hydrogen-bond donors (Lipinski definition) is 1. The summed E-state index contributed by atoms with van der Waals surface area (Å²) in [6.07, 6.45) is -1.96. The monoisotopic (exact) mass is 304 g/mol. The fraction of sp³-hybridized carbons (Fsp3) is 0.583. The van der Waals surface area contributed by atoms with Gasteiger partial charge in [0.15, 0.2) is 0 Å². The molecule has 0 aliphatic carbocycles. The maximum atomic E-state index is 12.3. The molecule has 0 aromatic carbocycles. The van der Waals surface area contributed by atoms with Crippen molar-refractivity contribution in [3.8, 4) is 0 Å². The van der Waals surface area contributed by atoms with E-state index in [1.807, 2.05) is 0 Å². The van der Waals surface area contributed by atoms with Crippen molar-refractivity contribution in [2.45, 2.75) is 26.1 Å². The number of nitrogens with one attached hydrogen (secondary N) is 1. The Kier molecular flexibility index (Phi) is 4.19. The van der Waals surface area contributed by atoms with E-state index in [4.69, 9.17) is 0 Å². The molecule has 1 N–H and O–H groups in total. The summed E-state index contributed by atoms with van der Waals surface area (Å²) in [7, 11) is 0. The zero-order valence-corrected chi connectivity index (χ0v) is 11.4. The zero-order valence-electron chi connectivity index (χ0n) is 11.4. The van der Waals surface area contributed by atoms with Gasteiger partial charge in [-0.05, 0) is 6.92 Å². The third kappa shape index (κ3) is 3.73. The molecule has 0 radical (unpaired) electrons. The SMILES string of the molecule is CCNC(=O)[C@@H]1CC(=O)N(c2cnn(CC(F)(F)F)c2)C1. The molecule has 1 aromatic heterocycles. The van der Waals surface area contributed by atoms with Crippen LogP contribution in [0.1, 0.15) is 13.3 Å². The van der Waals surface area contributed by atoms with Crippen LogP contribution in [0.5, 0.6) is 0 Å². The van der Waals surface area contributed by atoms with Crippen LogP contribution in [0.3, 0.4) is 0 Å². The first-order valence-electron chi connectivity index (χ1n) is 6.47. The molecule has 2 amide bonds. The number of amides is 2. The summed E-state index contributed by atoms with van der Waals surface area (Å²) < 4.78 is 37.5. The van der Waals surface area contributed by atoms with Crippen LogP contribution < -0.4 is 10.2 Å². The second-order valence-electron chi connectivity index (χ2n) is 4.81. The summed E-state index contributed by atoms with van der Waals surface area (Å²) in [6.45, 7) is 1.18. The molecule has 0 saturated carbocycles. The summed E-state index contributed by atoms with van der Waals surface area (Å²) in [5.41, 5.74) is 0.274. The zero-order chi connectivity index (χ0) is 15.6. The molecule has 1 atom stereocenters. The molecule has 1 aliphatic rings. The van der Waals surface area contributed by atoms with Gasteiger partial charge in [0.1, 0.15) is 6.54 Å². The summed E-state index contributed by atoms with van der Waals surface area (Å²) >= 11 is 0. The average molecular weight is 304 g/mol. The minimum absolute atomic E-state index is 0.0519. The van der Waals surface area contributed by atoms with E-state index in [1.165, 1.54) is 11.1 Å². The summed E-state index contributed by atoms with van der Waals surface area (Å²) in [5.74, 6) is -1.00. The van der Waals surface area contributed by atoms with Crippen LogP contribution in [0.25, 0.3) is 0 Å². The maximum absolute atomic E-state index is 12.3. The quantitative estimate of drug-likeness (QED) is 0.900. The van der Waals surface area contributed by atoms with Crippen LogP contribution in [0, 0.1) is 5.92 Å². The van der Waals surface area contributed by atoms with Crippen LogP contribution in [0.4, 0.5) is 18.9 Å². The third-order valence-corrected chi connectivity index (χ3v) is 3.12. The van der Waals surface area contributed by atoms with Gasteiger partial charge in [0.2, 0.25) is 11.8 Å². The molecule has 9 heteroatoms. The van der Waals surface area contributed by atoms with Crippen molar-refractivity contribution in [2.24, 2.45) is 5.92 Å². The van der Waals surface area contributed by atoms with E-state index in [1.54, 1.807) is 6.92 Å². The van der Waals surface area contributed by atoms with E-state index in [9.17, 15) is 22.8 Å². The van der Waals surface area contributed by atoms with Gasteiger partial charge in [-0.1, -0.05) is 0 Å². The summed E-state index contributed by atoms with van der Waals surface area (Å²) in [5, 5.41) is 6.22. The Morgan fingerprint density at radius 3 is 2.86 bits per heavy atom. The van der Waals surface area contributed by atoms with E-state index in [-0.39, 0.29) is 30.5 Å². The van der Waals surface area contributed by atoms with Gasteiger partial charge in [-0.3, -0.25) is 14.3 Å². The predicted molar refractivity (Wildman–Crippen MR) is 67.4 cm³/mol. The standard InChI is InChI=1S/C12H15F3N4O2/c1-2-16-11(21)8-3-10(20)19(5-8)9-4-17-18(6-9)7-12(13,14)15/h4,6,8H,2-3,5,7H2,1H3,(H,16,21)/t8-/m1/s1. The van der Waals surface area contributed by atoms with Crippen molar-refractivity contribution < 1.29 is 22.8 Å². The molecule has 1 fully saturated rings. The smallest absolute Gasteiger partial charge is 0.356 e. The lowest BCUT2D eigenvalue weighted by molar-refractivity contribution is -0.142. The molecule has 0 spiro atoms. The highest BCUT2D eigenvalue weighted by molar-refractivity contribution is 6.00. The van der Waals surface area contributed by atoms with Gasteiger partial charge in [0.05, 0.1) is 17.8 Å². The lowest BCUT2D eigenvalue weighted by Gasteiger charge is -2.14. The Bertz CT molecular complexity index is 541. The van der Waals surface area contributed by atoms with Gasteiger partial charge in [0, 0.05) is 25.7 Å². The van der Waals surface area contributed by atoms with Crippen molar-refractivity contribution in [2.75, 3.05) is 18.0 Å². The summed E-state index contributed by atoms with van der Waals surface area (Å²) in [6, 6.07) is 0. The molecule has 1 aromatic rings. The second-order valence-corrected chi connectivity index (χ2v) is 4.81. The average Bonchev–Trinajstić information content (AvgIpc) is 2.94. The van der Waals surface area contributed by atoms with Gasteiger partial charge in [-0.15, -0.1) is 0 Å². The molecule has 2 heterocycles. The normalized spacial score (nSPS) is 19.1. The number of anilines is 1. The summed E-state index contributed by atoms with van der Waals surface area (Å²) in [4.78, 5) is 24.9. The van der Waals surface area contributed by atoms with Crippen LogP contribution in [0.2, 0.25) is 0 Å². The van der Waals surface area contributed by atoms with Gasteiger partial charge in [-0.2, -0.15) is 18.3 Å². The fourth-order valence-electron chi connectivity index (χ4n) is 2.21. The van der Waals surface area contributed by atoms with Crippen molar-refractivity contribution in [1.82, 2.24) is 15.1 Å². The Morgan fingerprint density at radius 2 is 2.24 bits per heavy atom. The molecule has 1 saturated heterocycles. The molecular weight excluding hydrogens is 289 g/mol. The molecule has 116 valence electrons. The van der Waals surface area contributed by atoms with Crippen LogP contribution in [-0.2, 0) is 16.1 Å². The van der Waals surface area contributed by atoms with Crippen molar-refractivity contribution in [1.29, 1.82) is 0 Å². The highest BCUT2D eigenvalue weighted by Crippen LogP contribution is 2.26. The number of alkyl halides is 3. The Balaban J connectivity index is 2.05. The highest BCUT2D eigenvalue weighted by Gasteiger charge is 2.36. The van der Waals surface area contributed by atoms with E-state index < -0.39 is 18.6 Å². The number of rotatable bonds is 4. The lowest BCUT2D eigenvalue weighted by atomic mass is 10.1. The molecule has 6 nitrogen and oxygen atoms in total. The van der Waals surface area contributed by atoms with Gasteiger partial charge in [-0.25, -0.2) is 0 Å². The Morgan fingerprint density at radius 1 is 1.52 bits per heavy atom. The van der Waals surface area contributed by atoms with E-state index in [2.05, 4.69) is 10.4 Å². The molecule has 1 aliphatic heterocycles. The number of carbonyl (C=O) groups excluding carboxylic acids is 2. The first-order chi connectivity index (χ1) is 9.80. The Labute approximate surface area is 118 Å². The second kappa shape index (κ2) is 5.74. The predicted octanol–water partition coefficient (Wildman–Crippen LogP) is 0.934. The van der Waals surface area contributed by atoms with Crippen LogP contribution in [-0.4, -0.2) is 40.9 Å². The molecule has 2 rings (SSSR count). The van der Waals surface area contributed by atoms with Gasteiger partial charge in [0.25, 0.3) is 0 Å². The van der Waals surface area contributed by atoms with Crippen LogP contribution in [0.15, 0.2) is 12.4 Å². The van der Waals surface area contributed by atoms with Crippen molar-refractivity contribution in [3.05, 3.63) is 12.4 Å². The number of hydrogen-bond acceptors (Lipinski definition) is 3. The van der Waals surface area contributed by atoms with Crippen molar-refractivity contribution >= 4 is 17.5 Å². The lowest BCUT2D eigenvalue weighted by Crippen LogP contribution is -2.32. The first kappa shape index (κ1) is 15.3. The number of halogens is 3. The number of aromatic nitrogens is 2. The first-order valence-corrected chi connectivity index (χ1v) is 6.47. The van der Waals surface area contributed by atoms with E-state index in [0.29, 0.717) is 6.54 Å². The maximum Gasteiger partial charge on any atom is 0.408 e.